The molecule has 1 amide bonds. The average molecular weight is 445 g/mol. The van der Waals surface area contributed by atoms with Crippen LogP contribution >= 0.6 is 46.9 Å². The number of carbonyl (C=O) groups excluding carboxylic acids is 1. The molecular formula is C19H20Cl3N3OS. The zero-order valence-electron chi connectivity index (χ0n) is 14.6. The third kappa shape index (κ3) is 4.44. The summed E-state index contributed by atoms with van der Waals surface area (Å²) in [5, 5.41) is 0.990. The summed E-state index contributed by atoms with van der Waals surface area (Å²) < 4.78 is 1.52. The molecule has 1 N–H and O–H groups in total. The summed E-state index contributed by atoms with van der Waals surface area (Å²) in [6.07, 6.45) is 2.76. The van der Waals surface area contributed by atoms with E-state index in [9.17, 15) is 4.79 Å². The predicted octanol–water partition coefficient (Wildman–Crippen LogP) is 4.96. The first-order chi connectivity index (χ1) is 12.6. The van der Waals surface area contributed by atoms with E-state index in [1.165, 1.54) is 11.3 Å². The summed E-state index contributed by atoms with van der Waals surface area (Å²) in [5.74, 6) is 0.113. The zero-order chi connectivity index (χ0) is 18.1. The largest absolute Gasteiger partial charge is 0.361 e. The molecule has 0 bridgehead atoms. The van der Waals surface area contributed by atoms with Gasteiger partial charge in [0.15, 0.2) is 0 Å². The first kappa shape index (κ1) is 20.5. The van der Waals surface area contributed by atoms with Crippen LogP contribution in [0.2, 0.25) is 8.67 Å². The third-order valence-electron chi connectivity index (χ3n) is 4.91. The van der Waals surface area contributed by atoms with Gasteiger partial charge in [-0.25, -0.2) is 0 Å². The van der Waals surface area contributed by atoms with Crippen molar-refractivity contribution in [1.82, 2.24) is 14.8 Å². The maximum absolute atomic E-state index is 12.9. The van der Waals surface area contributed by atoms with E-state index in [-0.39, 0.29) is 18.3 Å². The van der Waals surface area contributed by atoms with E-state index in [2.05, 4.69) is 9.88 Å². The predicted molar refractivity (Wildman–Crippen MR) is 116 cm³/mol. The number of piperazine rings is 1. The lowest BCUT2D eigenvalue weighted by Gasteiger charge is -2.34. The number of H-pyrrole nitrogens is 1. The molecule has 27 heavy (non-hydrogen) atoms. The molecule has 1 saturated heterocycles. The lowest BCUT2D eigenvalue weighted by molar-refractivity contribution is 0.0640. The lowest BCUT2D eigenvalue weighted by atomic mass is 10.1. The summed E-state index contributed by atoms with van der Waals surface area (Å²) in [6, 6.07) is 9.75. The molecule has 2 aromatic heterocycles. The Kier molecular flexibility index (Phi) is 6.71. The quantitative estimate of drug-likeness (QED) is 0.618. The molecule has 1 aliphatic heterocycles. The number of benzene rings is 1. The van der Waals surface area contributed by atoms with Crippen molar-refractivity contribution in [3.05, 3.63) is 56.3 Å². The molecule has 3 heterocycles. The van der Waals surface area contributed by atoms with Gasteiger partial charge in [0.05, 0.1) is 8.67 Å². The van der Waals surface area contributed by atoms with Crippen LogP contribution in [0.1, 0.15) is 15.9 Å². The molecule has 0 atom stereocenters. The minimum absolute atomic E-state index is 0. The molecule has 0 unspecified atom stereocenters. The Morgan fingerprint density at radius 2 is 1.93 bits per heavy atom. The van der Waals surface area contributed by atoms with Crippen LogP contribution in [0.25, 0.3) is 10.9 Å². The van der Waals surface area contributed by atoms with Crippen molar-refractivity contribution in [2.75, 3.05) is 32.7 Å². The number of carbonyl (C=O) groups is 1. The maximum Gasteiger partial charge on any atom is 0.254 e. The van der Waals surface area contributed by atoms with Crippen molar-refractivity contribution < 1.29 is 4.79 Å². The highest BCUT2D eigenvalue weighted by Gasteiger charge is 2.23. The molecular weight excluding hydrogens is 425 g/mol. The number of rotatable bonds is 4. The Bertz CT molecular complexity index is 931. The van der Waals surface area contributed by atoms with E-state index in [0.29, 0.717) is 0 Å². The molecule has 3 aromatic rings. The van der Waals surface area contributed by atoms with Crippen molar-refractivity contribution in [2.45, 2.75) is 6.42 Å². The fourth-order valence-corrected chi connectivity index (χ4v) is 4.98. The van der Waals surface area contributed by atoms with E-state index in [1.54, 1.807) is 0 Å². The van der Waals surface area contributed by atoms with Crippen LogP contribution in [0, 0.1) is 0 Å². The van der Waals surface area contributed by atoms with Crippen molar-refractivity contribution in [3.63, 3.8) is 0 Å². The lowest BCUT2D eigenvalue weighted by Crippen LogP contribution is -2.49. The van der Waals surface area contributed by atoms with Crippen molar-refractivity contribution in [2.24, 2.45) is 0 Å². The fraction of sp³-hybridized carbons (Fsp3) is 0.316. The van der Waals surface area contributed by atoms with Gasteiger partial charge in [-0.05, 0) is 36.2 Å². The van der Waals surface area contributed by atoms with Gasteiger partial charge in [0.2, 0.25) is 0 Å². The number of fused-ring (bicyclic) bond motifs is 1. The Balaban J connectivity index is 0.00000210. The summed E-state index contributed by atoms with van der Waals surface area (Å²) in [7, 11) is 0. The van der Waals surface area contributed by atoms with Gasteiger partial charge in [-0.2, -0.15) is 0 Å². The van der Waals surface area contributed by atoms with Crippen LogP contribution in [-0.2, 0) is 6.42 Å². The van der Waals surface area contributed by atoms with Crippen LogP contribution in [0.5, 0.6) is 0 Å². The Morgan fingerprint density at radius 3 is 2.63 bits per heavy atom. The topological polar surface area (TPSA) is 39.3 Å². The highest BCUT2D eigenvalue weighted by Crippen LogP contribution is 2.31. The minimum atomic E-state index is 0. The van der Waals surface area contributed by atoms with E-state index in [4.69, 9.17) is 23.2 Å². The van der Waals surface area contributed by atoms with Crippen LogP contribution in [0.4, 0.5) is 0 Å². The SMILES string of the molecule is Cl.O=C(c1cccc2[nH]ccc12)N1CCN(CCc2cc(Cl)sc2Cl)CC1. The molecule has 0 radical (unpaired) electrons. The first-order valence-corrected chi connectivity index (χ1v) is 10.2. The van der Waals surface area contributed by atoms with E-state index >= 15 is 0 Å². The van der Waals surface area contributed by atoms with E-state index in [1.807, 2.05) is 41.4 Å². The normalized spacial score (nSPS) is 15.1. The van der Waals surface area contributed by atoms with Gasteiger partial charge in [-0.1, -0.05) is 29.3 Å². The maximum atomic E-state index is 12.9. The number of halogens is 3. The number of hydrogen-bond acceptors (Lipinski definition) is 3. The number of aromatic amines is 1. The molecule has 0 aliphatic carbocycles. The van der Waals surface area contributed by atoms with Crippen molar-refractivity contribution in [3.8, 4) is 0 Å². The Labute approximate surface area is 178 Å². The summed E-state index contributed by atoms with van der Waals surface area (Å²) in [4.78, 5) is 20.4. The molecule has 8 heteroatoms. The summed E-state index contributed by atoms with van der Waals surface area (Å²) in [5.41, 5.74) is 2.89. The molecule has 4 rings (SSSR count). The van der Waals surface area contributed by atoms with E-state index < -0.39 is 0 Å². The number of nitrogens with one attached hydrogen (secondary N) is 1. The smallest absolute Gasteiger partial charge is 0.254 e. The number of thiophene rings is 1. The van der Waals surface area contributed by atoms with E-state index in [0.717, 1.165) is 69.8 Å². The van der Waals surface area contributed by atoms with Crippen LogP contribution in [0.15, 0.2) is 36.5 Å². The highest BCUT2D eigenvalue weighted by atomic mass is 35.5. The number of amides is 1. The number of nitrogens with zero attached hydrogens (tertiary/aromatic N) is 2. The fourth-order valence-electron chi connectivity index (χ4n) is 3.44. The van der Waals surface area contributed by atoms with Crippen LogP contribution in [-0.4, -0.2) is 53.4 Å². The second-order valence-electron chi connectivity index (χ2n) is 6.48. The molecule has 144 valence electrons. The first-order valence-electron chi connectivity index (χ1n) is 8.63. The average Bonchev–Trinajstić information content (AvgIpc) is 3.25. The van der Waals surface area contributed by atoms with Gasteiger partial charge in [-0.3, -0.25) is 9.69 Å². The third-order valence-corrected chi connectivity index (χ3v) is 6.48. The van der Waals surface area contributed by atoms with Gasteiger partial charge >= 0.3 is 0 Å². The van der Waals surface area contributed by atoms with Gasteiger partial charge < -0.3 is 9.88 Å². The summed E-state index contributed by atoms with van der Waals surface area (Å²) >= 11 is 13.6. The van der Waals surface area contributed by atoms with Gasteiger partial charge in [0.25, 0.3) is 5.91 Å². The molecule has 0 spiro atoms. The second kappa shape index (κ2) is 8.84. The van der Waals surface area contributed by atoms with Gasteiger partial charge in [-0.15, -0.1) is 23.7 Å². The standard InChI is InChI=1S/C19H19Cl2N3OS.ClH/c20-17-12-13(18(21)26-17)5-7-23-8-10-24(11-9-23)19(25)15-2-1-3-16-14(15)4-6-22-16;/h1-4,6,12,22H,5,7-11H2;1H. The Hall–Kier alpha value is -1.24. The molecule has 1 aliphatic rings. The van der Waals surface area contributed by atoms with Crippen LogP contribution < -0.4 is 0 Å². The number of aromatic nitrogens is 1. The molecule has 1 aromatic carbocycles. The van der Waals surface area contributed by atoms with Crippen molar-refractivity contribution >= 4 is 63.8 Å². The number of hydrogen-bond donors (Lipinski definition) is 1. The minimum Gasteiger partial charge on any atom is -0.361 e. The van der Waals surface area contributed by atoms with Gasteiger partial charge in [0, 0.05) is 55.4 Å². The zero-order valence-corrected chi connectivity index (χ0v) is 17.7. The second-order valence-corrected chi connectivity index (χ2v) is 8.76. The van der Waals surface area contributed by atoms with Crippen molar-refractivity contribution in [1.29, 1.82) is 0 Å². The molecule has 0 saturated carbocycles. The molecule has 1 fully saturated rings. The highest BCUT2D eigenvalue weighted by molar-refractivity contribution is 7.20. The van der Waals surface area contributed by atoms with Crippen LogP contribution in [0.3, 0.4) is 0 Å². The summed E-state index contributed by atoms with van der Waals surface area (Å²) in [6.45, 7) is 4.19. The monoisotopic (exact) mass is 443 g/mol. The Morgan fingerprint density at radius 1 is 1.15 bits per heavy atom. The molecule has 4 nitrogen and oxygen atoms in total. The van der Waals surface area contributed by atoms with Gasteiger partial charge in [0.1, 0.15) is 0 Å².